The van der Waals surface area contributed by atoms with Crippen LogP contribution in [0.3, 0.4) is 0 Å². The molecular formula is C12H15N5OS. The summed E-state index contributed by atoms with van der Waals surface area (Å²) in [6, 6.07) is 2.06. The summed E-state index contributed by atoms with van der Waals surface area (Å²) in [5.74, 6) is 0.357. The zero-order valence-corrected chi connectivity index (χ0v) is 11.5. The average molecular weight is 277 g/mol. The normalized spacial score (nSPS) is 19.6. The summed E-state index contributed by atoms with van der Waals surface area (Å²) in [6.07, 6.45) is 3.62. The molecule has 0 aliphatic carbocycles. The Hall–Kier alpha value is -1.76. The quantitative estimate of drug-likeness (QED) is 0.904. The first-order valence-corrected chi connectivity index (χ1v) is 7.10. The van der Waals surface area contributed by atoms with Crippen molar-refractivity contribution in [3.63, 3.8) is 0 Å². The summed E-state index contributed by atoms with van der Waals surface area (Å²) in [6.45, 7) is 3.52. The van der Waals surface area contributed by atoms with Gasteiger partial charge in [0.2, 0.25) is 0 Å². The van der Waals surface area contributed by atoms with E-state index in [9.17, 15) is 4.79 Å². The van der Waals surface area contributed by atoms with Crippen LogP contribution in [0.5, 0.6) is 0 Å². The number of carbonyl (C=O) groups excluding carboxylic acids is 1. The largest absolute Gasteiger partial charge is 0.337 e. The van der Waals surface area contributed by atoms with Gasteiger partial charge in [-0.05, 0) is 37.4 Å². The molecule has 1 amide bonds. The van der Waals surface area contributed by atoms with E-state index >= 15 is 0 Å². The number of carbonyl (C=O) groups is 1. The number of nitrogens with one attached hydrogen (secondary N) is 1. The summed E-state index contributed by atoms with van der Waals surface area (Å²) in [5.41, 5.74) is 2.11. The Bertz CT molecular complexity index is 564. The van der Waals surface area contributed by atoms with Crippen molar-refractivity contribution in [1.82, 2.24) is 24.7 Å². The lowest BCUT2D eigenvalue weighted by Crippen LogP contribution is -2.38. The number of piperidine rings is 1. The summed E-state index contributed by atoms with van der Waals surface area (Å²) in [7, 11) is 0. The van der Waals surface area contributed by atoms with Crippen LogP contribution in [-0.4, -0.2) is 43.7 Å². The smallest absolute Gasteiger partial charge is 0.267 e. The van der Waals surface area contributed by atoms with Crippen LogP contribution in [0.1, 0.15) is 39.8 Å². The molecule has 3 heterocycles. The summed E-state index contributed by atoms with van der Waals surface area (Å²) in [4.78, 5) is 14.8. The number of hydrogen-bond donors (Lipinski definition) is 1. The van der Waals surface area contributed by atoms with E-state index in [1.165, 1.54) is 6.20 Å². The molecule has 0 radical (unpaired) electrons. The fraction of sp³-hybridized carbons (Fsp3) is 0.500. The number of aryl methyl sites for hydroxylation is 1. The maximum Gasteiger partial charge on any atom is 0.267 e. The molecule has 3 rings (SSSR count). The van der Waals surface area contributed by atoms with Crippen LogP contribution < -0.4 is 0 Å². The van der Waals surface area contributed by atoms with Gasteiger partial charge in [0.15, 0.2) is 0 Å². The molecule has 0 spiro atoms. The molecule has 0 saturated carbocycles. The molecule has 2 aromatic heterocycles. The molecule has 0 aromatic carbocycles. The summed E-state index contributed by atoms with van der Waals surface area (Å²) < 4.78 is 3.75. The summed E-state index contributed by atoms with van der Waals surface area (Å²) >= 11 is 1.15. The van der Waals surface area contributed by atoms with Crippen LogP contribution in [-0.2, 0) is 0 Å². The Morgan fingerprint density at radius 2 is 2.47 bits per heavy atom. The first kappa shape index (κ1) is 12.3. The Kier molecular flexibility index (Phi) is 3.29. The molecule has 0 bridgehead atoms. The van der Waals surface area contributed by atoms with Gasteiger partial charge in [0, 0.05) is 24.7 Å². The highest BCUT2D eigenvalue weighted by Gasteiger charge is 2.27. The van der Waals surface area contributed by atoms with E-state index in [4.69, 9.17) is 0 Å². The second kappa shape index (κ2) is 5.08. The van der Waals surface area contributed by atoms with Crippen molar-refractivity contribution in [2.24, 2.45) is 0 Å². The summed E-state index contributed by atoms with van der Waals surface area (Å²) in [5, 5.41) is 11.0. The molecular weight excluding hydrogens is 262 g/mol. The molecule has 7 heteroatoms. The van der Waals surface area contributed by atoms with Crippen LogP contribution in [0.2, 0.25) is 0 Å². The predicted molar refractivity (Wildman–Crippen MR) is 71.1 cm³/mol. The van der Waals surface area contributed by atoms with Gasteiger partial charge in [-0.1, -0.05) is 4.49 Å². The molecule has 1 unspecified atom stereocenters. The van der Waals surface area contributed by atoms with E-state index in [0.29, 0.717) is 10.8 Å². The van der Waals surface area contributed by atoms with Crippen molar-refractivity contribution in [3.8, 4) is 0 Å². The molecule has 19 heavy (non-hydrogen) atoms. The van der Waals surface area contributed by atoms with Gasteiger partial charge < -0.3 is 4.90 Å². The Morgan fingerprint density at radius 1 is 1.58 bits per heavy atom. The van der Waals surface area contributed by atoms with Gasteiger partial charge in [-0.3, -0.25) is 9.89 Å². The van der Waals surface area contributed by atoms with Crippen molar-refractivity contribution in [2.45, 2.75) is 25.7 Å². The minimum atomic E-state index is 0.0342. The number of hydrogen-bond acceptors (Lipinski definition) is 5. The van der Waals surface area contributed by atoms with E-state index in [-0.39, 0.29) is 5.91 Å². The molecule has 1 fully saturated rings. The first-order valence-electron chi connectivity index (χ1n) is 6.32. The number of nitrogens with zero attached hydrogens (tertiary/aromatic N) is 4. The lowest BCUT2D eigenvalue weighted by molar-refractivity contribution is 0.0710. The topological polar surface area (TPSA) is 74.8 Å². The molecule has 100 valence electrons. The standard InChI is InChI=1S/C12H15N5OS/c1-8-5-10(15-14-8)9-3-2-4-17(7-9)12(18)11-6-13-16-19-11/h5-6,9H,2-4,7H2,1H3,(H,14,15). The molecule has 6 nitrogen and oxygen atoms in total. The van der Waals surface area contributed by atoms with Crippen LogP contribution in [0.25, 0.3) is 0 Å². The molecule has 1 N–H and O–H groups in total. The minimum Gasteiger partial charge on any atom is -0.337 e. The van der Waals surface area contributed by atoms with Crippen molar-refractivity contribution < 1.29 is 4.79 Å². The number of rotatable bonds is 2. The molecule has 1 saturated heterocycles. The number of aromatic amines is 1. The Labute approximate surface area is 115 Å². The monoisotopic (exact) mass is 277 g/mol. The molecule has 1 aliphatic heterocycles. The third-order valence-electron chi connectivity index (χ3n) is 3.42. The van der Waals surface area contributed by atoms with E-state index in [1.807, 2.05) is 11.8 Å². The second-order valence-corrected chi connectivity index (χ2v) is 5.63. The van der Waals surface area contributed by atoms with Crippen molar-refractivity contribution in [1.29, 1.82) is 0 Å². The van der Waals surface area contributed by atoms with Gasteiger partial charge >= 0.3 is 0 Å². The van der Waals surface area contributed by atoms with E-state index in [2.05, 4.69) is 25.9 Å². The zero-order valence-electron chi connectivity index (χ0n) is 10.7. The number of likely N-dealkylation sites (tertiary alicyclic amines) is 1. The predicted octanol–water partition coefficient (Wildman–Crippen LogP) is 1.59. The fourth-order valence-corrected chi connectivity index (χ4v) is 2.95. The Morgan fingerprint density at radius 3 is 3.16 bits per heavy atom. The van der Waals surface area contributed by atoms with Crippen LogP contribution in [0.15, 0.2) is 12.3 Å². The third kappa shape index (κ3) is 2.51. The maximum atomic E-state index is 12.3. The third-order valence-corrected chi connectivity index (χ3v) is 4.08. The van der Waals surface area contributed by atoms with E-state index in [1.54, 1.807) is 0 Å². The van der Waals surface area contributed by atoms with Gasteiger partial charge in [0.05, 0.1) is 11.9 Å². The highest BCUT2D eigenvalue weighted by atomic mass is 32.1. The zero-order chi connectivity index (χ0) is 13.2. The fourth-order valence-electron chi connectivity index (χ4n) is 2.47. The number of H-pyrrole nitrogens is 1. The number of aromatic nitrogens is 4. The molecule has 2 aromatic rings. The van der Waals surface area contributed by atoms with Crippen LogP contribution in [0.4, 0.5) is 0 Å². The van der Waals surface area contributed by atoms with Gasteiger partial charge in [0.1, 0.15) is 4.88 Å². The SMILES string of the molecule is Cc1cc(C2CCCN(C(=O)c3cnns3)C2)n[nH]1. The van der Waals surface area contributed by atoms with Gasteiger partial charge in [-0.25, -0.2) is 0 Å². The average Bonchev–Trinajstić information content (AvgIpc) is 3.09. The highest BCUT2D eigenvalue weighted by molar-refractivity contribution is 7.07. The Balaban J connectivity index is 1.73. The number of amides is 1. The minimum absolute atomic E-state index is 0.0342. The molecule has 1 aliphatic rings. The lowest BCUT2D eigenvalue weighted by Gasteiger charge is -2.31. The van der Waals surface area contributed by atoms with Gasteiger partial charge in [0.25, 0.3) is 5.91 Å². The lowest BCUT2D eigenvalue weighted by atomic mass is 9.94. The molecule has 1 atom stereocenters. The van der Waals surface area contributed by atoms with E-state index < -0.39 is 0 Å². The van der Waals surface area contributed by atoms with Gasteiger partial charge in [-0.2, -0.15) is 5.10 Å². The van der Waals surface area contributed by atoms with Gasteiger partial charge in [-0.15, -0.1) is 5.10 Å². The van der Waals surface area contributed by atoms with Crippen molar-refractivity contribution >= 4 is 17.4 Å². The highest BCUT2D eigenvalue weighted by Crippen LogP contribution is 2.27. The van der Waals surface area contributed by atoms with Crippen LogP contribution in [0, 0.1) is 6.92 Å². The van der Waals surface area contributed by atoms with E-state index in [0.717, 1.165) is 48.9 Å². The van der Waals surface area contributed by atoms with Crippen LogP contribution >= 0.6 is 11.5 Å². The first-order chi connectivity index (χ1) is 9.24. The van der Waals surface area contributed by atoms with Crippen molar-refractivity contribution in [2.75, 3.05) is 13.1 Å². The second-order valence-electron chi connectivity index (χ2n) is 4.85. The van der Waals surface area contributed by atoms with Crippen molar-refractivity contribution in [3.05, 3.63) is 28.5 Å². The maximum absolute atomic E-state index is 12.3.